The number of fused-ring (bicyclic) bond motifs is 1. The Morgan fingerprint density at radius 2 is 2.23 bits per heavy atom. The van der Waals surface area contributed by atoms with Crippen molar-refractivity contribution in [1.29, 1.82) is 0 Å². The highest BCUT2D eigenvalue weighted by molar-refractivity contribution is 5.61. The predicted molar refractivity (Wildman–Crippen MR) is 54.1 cm³/mol. The maximum Gasteiger partial charge on any atom is 0.0638 e. The molecule has 0 spiro atoms. The van der Waals surface area contributed by atoms with E-state index in [1.807, 2.05) is 6.07 Å². The smallest absolute Gasteiger partial charge is 0.0638 e. The van der Waals surface area contributed by atoms with Gasteiger partial charge in [-0.2, -0.15) is 0 Å². The summed E-state index contributed by atoms with van der Waals surface area (Å²) in [6.45, 7) is 4.48. The fourth-order valence-corrected chi connectivity index (χ4v) is 2.14. The molecule has 70 valence electrons. The second-order valence-electron chi connectivity index (χ2n) is 3.76. The number of aryl methyl sites for hydroxylation is 1. The summed E-state index contributed by atoms with van der Waals surface area (Å²) in [5.41, 5.74) is 3.86. The number of benzene rings is 1. The number of aliphatic hydroxyl groups is 1. The first-order valence-electron chi connectivity index (χ1n) is 4.71. The molecule has 1 aliphatic rings. The summed E-state index contributed by atoms with van der Waals surface area (Å²) in [6, 6.07) is 6.44. The molecule has 0 amide bonds. The molecule has 1 aromatic carbocycles. The molecule has 0 aromatic heterocycles. The van der Waals surface area contributed by atoms with Crippen LogP contribution in [0.1, 0.15) is 24.0 Å². The molecule has 13 heavy (non-hydrogen) atoms. The molecular weight excluding hydrogens is 162 g/mol. The van der Waals surface area contributed by atoms with Crippen LogP contribution in [0.2, 0.25) is 0 Å². The van der Waals surface area contributed by atoms with Crippen LogP contribution in [0.15, 0.2) is 18.2 Å². The van der Waals surface area contributed by atoms with E-state index < -0.39 is 0 Å². The van der Waals surface area contributed by atoms with Crippen LogP contribution in [0.5, 0.6) is 0 Å². The summed E-state index contributed by atoms with van der Waals surface area (Å²) in [7, 11) is 0. The second-order valence-corrected chi connectivity index (χ2v) is 3.76. The summed E-state index contributed by atoms with van der Waals surface area (Å²) >= 11 is 0. The van der Waals surface area contributed by atoms with Crippen molar-refractivity contribution in [3.8, 4) is 0 Å². The highest BCUT2D eigenvalue weighted by Gasteiger charge is 2.28. The lowest BCUT2D eigenvalue weighted by Gasteiger charge is -2.13. The van der Waals surface area contributed by atoms with Crippen molar-refractivity contribution >= 4 is 5.69 Å². The largest absolute Gasteiger partial charge is 0.394 e. The van der Waals surface area contributed by atoms with Crippen molar-refractivity contribution < 1.29 is 5.11 Å². The van der Waals surface area contributed by atoms with Crippen molar-refractivity contribution in [2.45, 2.75) is 25.8 Å². The first-order chi connectivity index (χ1) is 6.24. The van der Waals surface area contributed by atoms with Crippen LogP contribution in [0.4, 0.5) is 5.69 Å². The molecule has 2 heteroatoms. The maximum atomic E-state index is 9.14. The van der Waals surface area contributed by atoms with Crippen LogP contribution in [0.25, 0.3) is 0 Å². The molecule has 0 bridgehead atoms. The van der Waals surface area contributed by atoms with Gasteiger partial charge in [0.25, 0.3) is 0 Å². The average molecular weight is 177 g/mol. The number of nitrogens with one attached hydrogen (secondary N) is 1. The van der Waals surface area contributed by atoms with Gasteiger partial charge in [-0.05, 0) is 24.1 Å². The Labute approximate surface area is 78.6 Å². The van der Waals surface area contributed by atoms with E-state index in [0.717, 1.165) is 0 Å². The zero-order valence-corrected chi connectivity index (χ0v) is 8.04. The van der Waals surface area contributed by atoms with Gasteiger partial charge in [0.15, 0.2) is 0 Å². The minimum Gasteiger partial charge on any atom is -0.394 e. The van der Waals surface area contributed by atoms with E-state index in [4.69, 9.17) is 5.11 Å². The molecule has 0 fully saturated rings. The molecule has 2 nitrogen and oxygen atoms in total. The zero-order chi connectivity index (χ0) is 9.42. The van der Waals surface area contributed by atoms with Crippen LogP contribution < -0.4 is 5.32 Å². The molecule has 0 radical (unpaired) electrons. The van der Waals surface area contributed by atoms with Crippen molar-refractivity contribution in [3.63, 3.8) is 0 Å². The lowest BCUT2D eigenvalue weighted by atomic mass is 9.94. The SMILES string of the molecule is Cc1cccc2c1C(C)C(CO)N2. The summed E-state index contributed by atoms with van der Waals surface area (Å²) in [6.07, 6.45) is 0. The summed E-state index contributed by atoms with van der Waals surface area (Å²) in [4.78, 5) is 0. The molecule has 1 aromatic rings. The van der Waals surface area contributed by atoms with Gasteiger partial charge in [0, 0.05) is 11.6 Å². The first kappa shape index (κ1) is 8.57. The highest BCUT2D eigenvalue weighted by atomic mass is 16.3. The van der Waals surface area contributed by atoms with Crippen molar-refractivity contribution in [3.05, 3.63) is 29.3 Å². The van der Waals surface area contributed by atoms with Crippen molar-refractivity contribution in [1.82, 2.24) is 0 Å². The van der Waals surface area contributed by atoms with Crippen LogP contribution in [-0.4, -0.2) is 17.8 Å². The third-order valence-corrected chi connectivity index (χ3v) is 2.92. The number of aliphatic hydroxyl groups excluding tert-OH is 1. The van der Waals surface area contributed by atoms with Crippen LogP contribution in [-0.2, 0) is 0 Å². The molecule has 2 N–H and O–H groups in total. The summed E-state index contributed by atoms with van der Waals surface area (Å²) in [5, 5.41) is 12.5. The standard InChI is InChI=1S/C11H15NO/c1-7-4-3-5-9-11(7)8(2)10(6-13)12-9/h3-5,8,10,12-13H,6H2,1-2H3. The van der Waals surface area contributed by atoms with E-state index in [2.05, 4.69) is 31.3 Å². The topological polar surface area (TPSA) is 32.3 Å². The van der Waals surface area contributed by atoms with Gasteiger partial charge >= 0.3 is 0 Å². The fraction of sp³-hybridized carbons (Fsp3) is 0.455. The van der Waals surface area contributed by atoms with E-state index >= 15 is 0 Å². The minimum atomic E-state index is 0.191. The monoisotopic (exact) mass is 177 g/mol. The van der Waals surface area contributed by atoms with Gasteiger partial charge in [-0.3, -0.25) is 0 Å². The van der Waals surface area contributed by atoms with Gasteiger partial charge in [-0.1, -0.05) is 19.1 Å². The maximum absolute atomic E-state index is 9.14. The summed E-state index contributed by atoms with van der Waals surface area (Å²) in [5.74, 6) is 0.418. The Bertz CT molecular complexity index is 322. The normalized spacial score (nSPS) is 25.5. The number of hydrogen-bond acceptors (Lipinski definition) is 2. The molecule has 0 saturated carbocycles. The van der Waals surface area contributed by atoms with E-state index in [0.29, 0.717) is 5.92 Å². The van der Waals surface area contributed by atoms with Gasteiger partial charge in [0.2, 0.25) is 0 Å². The highest BCUT2D eigenvalue weighted by Crippen LogP contribution is 2.37. The molecule has 0 aliphatic carbocycles. The number of hydrogen-bond donors (Lipinski definition) is 2. The van der Waals surface area contributed by atoms with E-state index in [1.165, 1.54) is 16.8 Å². The first-order valence-corrected chi connectivity index (χ1v) is 4.71. The van der Waals surface area contributed by atoms with Gasteiger partial charge in [-0.25, -0.2) is 0 Å². The second kappa shape index (κ2) is 3.04. The Morgan fingerprint density at radius 3 is 2.85 bits per heavy atom. The third-order valence-electron chi connectivity index (χ3n) is 2.92. The Hall–Kier alpha value is -1.02. The van der Waals surface area contributed by atoms with Crippen LogP contribution in [0, 0.1) is 6.92 Å². The van der Waals surface area contributed by atoms with Gasteiger partial charge in [-0.15, -0.1) is 0 Å². The van der Waals surface area contributed by atoms with Crippen LogP contribution >= 0.6 is 0 Å². The average Bonchev–Trinajstić information content (AvgIpc) is 2.44. The molecule has 0 saturated heterocycles. The molecule has 2 rings (SSSR count). The minimum absolute atomic E-state index is 0.191. The quantitative estimate of drug-likeness (QED) is 0.686. The van der Waals surface area contributed by atoms with Crippen molar-refractivity contribution in [2.75, 3.05) is 11.9 Å². The third kappa shape index (κ3) is 1.22. The Morgan fingerprint density at radius 1 is 1.46 bits per heavy atom. The predicted octanol–water partition coefficient (Wildman–Crippen LogP) is 1.88. The van der Waals surface area contributed by atoms with E-state index in [9.17, 15) is 0 Å². The lowest BCUT2D eigenvalue weighted by molar-refractivity contribution is 0.266. The Balaban J connectivity index is 2.44. The molecular formula is C11H15NO. The van der Waals surface area contributed by atoms with Gasteiger partial charge < -0.3 is 10.4 Å². The van der Waals surface area contributed by atoms with E-state index in [-0.39, 0.29) is 12.6 Å². The molecule has 2 unspecified atom stereocenters. The van der Waals surface area contributed by atoms with Crippen molar-refractivity contribution in [2.24, 2.45) is 0 Å². The summed E-state index contributed by atoms with van der Waals surface area (Å²) < 4.78 is 0. The van der Waals surface area contributed by atoms with Crippen LogP contribution in [0.3, 0.4) is 0 Å². The zero-order valence-electron chi connectivity index (χ0n) is 8.04. The molecule has 1 heterocycles. The van der Waals surface area contributed by atoms with Gasteiger partial charge in [0.05, 0.1) is 12.6 Å². The number of rotatable bonds is 1. The molecule has 1 aliphatic heterocycles. The van der Waals surface area contributed by atoms with Gasteiger partial charge in [0.1, 0.15) is 0 Å². The fourth-order valence-electron chi connectivity index (χ4n) is 2.14. The number of anilines is 1. The van der Waals surface area contributed by atoms with E-state index in [1.54, 1.807) is 0 Å². The molecule has 2 atom stereocenters. The Kier molecular flexibility index (Phi) is 2.00. The lowest BCUT2D eigenvalue weighted by Crippen LogP contribution is -2.22.